The molecule has 1 atom stereocenters. The van der Waals surface area contributed by atoms with Gasteiger partial charge in [-0.2, -0.15) is 4.80 Å². The number of aryl methyl sites for hydroxylation is 1. The summed E-state index contributed by atoms with van der Waals surface area (Å²) in [5.41, 5.74) is 0.999. The maximum atomic E-state index is 13.3. The summed E-state index contributed by atoms with van der Waals surface area (Å²) in [4.78, 5) is 1.44. The number of rotatable bonds is 6. The molecule has 20 heavy (non-hydrogen) atoms. The highest BCUT2D eigenvalue weighted by molar-refractivity contribution is 9.10. The Balaban J connectivity index is 2.19. The van der Waals surface area contributed by atoms with E-state index in [1.165, 1.54) is 10.9 Å². The molecule has 2 rings (SSSR count). The smallest absolute Gasteiger partial charge is 0.176 e. The van der Waals surface area contributed by atoms with Crippen LogP contribution in [0.3, 0.4) is 0 Å². The van der Waals surface area contributed by atoms with Crippen molar-refractivity contribution in [2.24, 2.45) is 7.05 Å². The molecule has 2 aromatic rings. The Bertz CT molecular complexity index is 572. The Morgan fingerprint density at radius 1 is 1.45 bits per heavy atom. The highest BCUT2D eigenvalue weighted by Gasteiger charge is 2.16. The van der Waals surface area contributed by atoms with Gasteiger partial charge in [0.05, 0.1) is 11.5 Å². The van der Waals surface area contributed by atoms with E-state index in [2.05, 4.69) is 43.6 Å². The zero-order valence-corrected chi connectivity index (χ0v) is 13.1. The molecule has 7 heteroatoms. The lowest BCUT2D eigenvalue weighted by Crippen LogP contribution is -2.24. The Kier molecular flexibility index (Phi) is 5.19. The van der Waals surface area contributed by atoms with Gasteiger partial charge >= 0.3 is 0 Å². The SMILES string of the molecule is CCCNC(Cc1nnn(C)n1)c1ccc(F)c(Br)c1. The molecule has 0 amide bonds. The van der Waals surface area contributed by atoms with Crippen molar-refractivity contribution >= 4 is 15.9 Å². The highest BCUT2D eigenvalue weighted by Crippen LogP contribution is 2.23. The molecule has 0 fully saturated rings. The fourth-order valence-corrected chi connectivity index (χ4v) is 2.34. The van der Waals surface area contributed by atoms with Gasteiger partial charge < -0.3 is 5.32 Å². The molecule has 1 heterocycles. The van der Waals surface area contributed by atoms with Crippen molar-refractivity contribution in [2.75, 3.05) is 6.54 Å². The molecular weight excluding hydrogens is 325 g/mol. The van der Waals surface area contributed by atoms with Gasteiger partial charge in [0.2, 0.25) is 0 Å². The van der Waals surface area contributed by atoms with Crippen LogP contribution in [0.1, 0.15) is 30.8 Å². The molecule has 5 nitrogen and oxygen atoms in total. The van der Waals surface area contributed by atoms with Crippen LogP contribution in [0.15, 0.2) is 22.7 Å². The van der Waals surface area contributed by atoms with Crippen molar-refractivity contribution in [3.8, 4) is 0 Å². The molecule has 0 bridgehead atoms. The number of nitrogens with one attached hydrogen (secondary N) is 1. The van der Waals surface area contributed by atoms with Gasteiger partial charge in [-0.1, -0.05) is 13.0 Å². The van der Waals surface area contributed by atoms with Crippen LogP contribution < -0.4 is 5.32 Å². The van der Waals surface area contributed by atoms with Crippen molar-refractivity contribution in [3.63, 3.8) is 0 Å². The maximum Gasteiger partial charge on any atom is 0.176 e. The third kappa shape index (κ3) is 3.83. The van der Waals surface area contributed by atoms with E-state index >= 15 is 0 Å². The van der Waals surface area contributed by atoms with E-state index < -0.39 is 0 Å². The molecule has 0 aliphatic carbocycles. The van der Waals surface area contributed by atoms with E-state index in [9.17, 15) is 4.39 Å². The average molecular weight is 342 g/mol. The standard InChI is InChI=1S/C13H17BrFN5/c1-3-6-16-12(8-13-17-19-20(2)18-13)9-4-5-11(15)10(14)7-9/h4-5,7,12,16H,3,6,8H2,1-2H3. The Morgan fingerprint density at radius 3 is 2.85 bits per heavy atom. The lowest BCUT2D eigenvalue weighted by molar-refractivity contribution is 0.515. The van der Waals surface area contributed by atoms with Crippen molar-refractivity contribution in [1.82, 2.24) is 25.5 Å². The van der Waals surface area contributed by atoms with Crippen molar-refractivity contribution in [3.05, 3.63) is 39.9 Å². The number of hydrogen-bond donors (Lipinski definition) is 1. The molecule has 108 valence electrons. The van der Waals surface area contributed by atoms with Crippen LogP contribution in [0.2, 0.25) is 0 Å². The Morgan fingerprint density at radius 2 is 2.25 bits per heavy atom. The van der Waals surface area contributed by atoms with Crippen molar-refractivity contribution in [2.45, 2.75) is 25.8 Å². The van der Waals surface area contributed by atoms with Gasteiger partial charge in [0.15, 0.2) is 5.82 Å². The van der Waals surface area contributed by atoms with Crippen LogP contribution in [-0.4, -0.2) is 26.8 Å². The first-order chi connectivity index (χ1) is 9.60. The topological polar surface area (TPSA) is 55.6 Å². The van der Waals surface area contributed by atoms with Crippen LogP contribution >= 0.6 is 15.9 Å². The lowest BCUT2D eigenvalue weighted by atomic mass is 10.0. The summed E-state index contributed by atoms with van der Waals surface area (Å²) in [6.45, 7) is 2.98. The van der Waals surface area contributed by atoms with E-state index in [-0.39, 0.29) is 11.9 Å². The molecule has 1 N–H and O–H groups in total. The van der Waals surface area contributed by atoms with E-state index in [1.807, 2.05) is 0 Å². The van der Waals surface area contributed by atoms with Crippen molar-refractivity contribution < 1.29 is 4.39 Å². The zero-order chi connectivity index (χ0) is 14.5. The largest absolute Gasteiger partial charge is 0.310 e. The second-order valence-corrected chi connectivity index (χ2v) is 5.43. The van der Waals surface area contributed by atoms with Gasteiger partial charge in [-0.3, -0.25) is 0 Å². The predicted molar refractivity (Wildman–Crippen MR) is 77.6 cm³/mol. The van der Waals surface area contributed by atoms with Gasteiger partial charge in [-0.25, -0.2) is 4.39 Å². The second kappa shape index (κ2) is 6.90. The van der Waals surface area contributed by atoms with Gasteiger partial charge in [0.25, 0.3) is 0 Å². The summed E-state index contributed by atoms with van der Waals surface area (Å²) in [6, 6.07) is 5.07. The maximum absolute atomic E-state index is 13.3. The summed E-state index contributed by atoms with van der Waals surface area (Å²) < 4.78 is 13.8. The number of nitrogens with zero attached hydrogens (tertiary/aromatic N) is 4. The minimum absolute atomic E-state index is 0.0380. The minimum Gasteiger partial charge on any atom is -0.310 e. The first-order valence-electron chi connectivity index (χ1n) is 6.51. The summed E-state index contributed by atoms with van der Waals surface area (Å²) in [6.07, 6.45) is 1.64. The fraction of sp³-hybridized carbons (Fsp3) is 0.462. The van der Waals surface area contributed by atoms with E-state index in [0.717, 1.165) is 18.5 Å². The average Bonchev–Trinajstić information content (AvgIpc) is 2.83. The van der Waals surface area contributed by atoms with Crippen LogP contribution in [0.4, 0.5) is 4.39 Å². The fourth-order valence-electron chi connectivity index (χ4n) is 1.94. The van der Waals surface area contributed by atoms with E-state index in [0.29, 0.717) is 16.7 Å². The zero-order valence-electron chi connectivity index (χ0n) is 11.5. The monoisotopic (exact) mass is 341 g/mol. The van der Waals surface area contributed by atoms with Crippen LogP contribution in [0, 0.1) is 5.82 Å². The number of hydrogen-bond acceptors (Lipinski definition) is 4. The number of tetrazole rings is 1. The summed E-state index contributed by atoms with van der Waals surface area (Å²) in [5.74, 6) is 0.405. The molecule has 0 saturated heterocycles. The van der Waals surface area contributed by atoms with E-state index in [1.54, 1.807) is 19.2 Å². The number of halogens is 2. The van der Waals surface area contributed by atoms with Gasteiger partial charge in [-0.15, -0.1) is 10.2 Å². The van der Waals surface area contributed by atoms with E-state index in [4.69, 9.17) is 0 Å². The first kappa shape index (κ1) is 15.1. The molecule has 0 spiro atoms. The third-order valence-electron chi connectivity index (χ3n) is 2.92. The molecule has 0 saturated carbocycles. The highest BCUT2D eigenvalue weighted by atomic mass is 79.9. The molecule has 1 aromatic carbocycles. The van der Waals surface area contributed by atoms with Gasteiger partial charge in [0, 0.05) is 12.5 Å². The third-order valence-corrected chi connectivity index (χ3v) is 3.53. The van der Waals surface area contributed by atoms with Crippen LogP contribution in [0.5, 0.6) is 0 Å². The quantitative estimate of drug-likeness (QED) is 0.876. The number of aromatic nitrogens is 4. The van der Waals surface area contributed by atoms with Gasteiger partial charge in [-0.05, 0) is 51.8 Å². The summed E-state index contributed by atoms with van der Waals surface area (Å²) in [7, 11) is 1.74. The molecule has 0 aliphatic rings. The molecule has 0 aliphatic heterocycles. The summed E-state index contributed by atoms with van der Waals surface area (Å²) >= 11 is 3.22. The van der Waals surface area contributed by atoms with Crippen LogP contribution in [0.25, 0.3) is 0 Å². The Hall–Kier alpha value is -1.34. The molecule has 1 unspecified atom stereocenters. The van der Waals surface area contributed by atoms with Crippen LogP contribution in [-0.2, 0) is 13.5 Å². The molecule has 0 radical (unpaired) electrons. The normalized spacial score (nSPS) is 12.6. The predicted octanol–water partition coefficient (Wildman–Crippen LogP) is 2.40. The lowest BCUT2D eigenvalue weighted by Gasteiger charge is -2.17. The Labute approximate surface area is 125 Å². The molecular formula is C13H17BrFN5. The summed E-state index contributed by atoms with van der Waals surface area (Å²) in [5, 5.41) is 15.5. The van der Waals surface area contributed by atoms with Gasteiger partial charge in [0.1, 0.15) is 5.82 Å². The second-order valence-electron chi connectivity index (χ2n) is 4.58. The first-order valence-corrected chi connectivity index (χ1v) is 7.30. The minimum atomic E-state index is -0.263. The van der Waals surface area contributed by atoms with Crippen molar-refractivity contribution in [1.29, 1.82) is 0 Å². The molecule has 1 aromatic heterocycles. The number of benzene rings is 1.